The zero-order chi connectivity index (χ0) is 23.6. The molecule has 0 radical (unpaired) electrons. The second-order valence-electron chi connectivity index (χ2n) is 8.86. The number of rotatable bonds is 7. The van der Waals surface area contributed by atoms with Gasteiger partial charge in [-0.1, -0.05) is 24.4 Å². The van der Waals surface area contributed by atoms with Gasteiger partial charge in [0, 0.05) is 44.9 Å². The van der Waals surface area contributed by atoms with Crippen molar-refractivity contribution in [1.29, 1.82) is 0 Å². The van der Waals surface area contributed by atoms with E-state index in [-0.39, 0.29) is 24.7 Å². The fraction of sp³-hybridized carbons (Fsp3) is 0.609. The number of hydrogen-bond donors (Lipinski definition) is 3. The molecule has 0 saturated heterocycles. The second kappa shape index (κ2) is 9.36. The van der Waals surface area contributed by atoms with Crippen molar-refractivity contribution in [3.05, 3.63) is 17.5 Å². The fourth-order valence-corrected chi connectivity index (χ4v) is 4.85. The van der Waals surface area contributed by atoms with Gasteiger partial charge in [-0.15, -0.1) is 0 Å². The van der Waals surface area contributed by atoms with Gasteiger partial charge in [0.05, 0.1) is 28.9 Å². The first-order valence-corrected chi connectivity index (χ1v) is 11.7. The molecule has 3 N–H and O–H groups in total. The zero-order valence-corrected chi connectivity index (χ0v) is 19.8. The number of aromatic nitrogens is 3. The predicted molar refractivity (Wildman–Crippen MR) is 126 cm³/mol. The number of anilines is 1. The van der Waals surface area contributed by atoms with E-state index in [1.807, 2.05) is 18.5 Å². The van der Waals surface area contributed by atoms with Crippen LogP contribution in [0.5, 0.6) is 0 Å². The smallest absolute Gasteiger partial charge is 0.267 e. The van der Waals surface area contributed by atoms with Gasteiger partial charge in [-0.2, -0.15) is 5.10 Å². The van der Waals surface area contributed by atoms with Crippen molar-refractivity contribution in [3.8, 4) is 0 Å². The number of carbonyl (C=O) groups is 2. The van der Waals surface area contributed by atoms with Crippen LogP contribution in [0.2, 0.25) is 0 Å². The van der Waals surface area contributed by atoms with Crippen LogP contribution < -0.4 is 16.0 Å². The third-order valence-electron chi connectivity index (χ3n) is 6.65. The maximum absolute atomic E-state index is 12.7. The molecular weight excluding hydrogens is 422 g/mol. The largest absolute Gasteiger partial charge is 0.381 e. The molecule has 0 spiro atoms. The van der Waals surface area contributed by atoms with Crippen LogP contribution in [0.4, 0.5) is 5.69 Å². The summed E-state index contributed by atoms with van der Waals surface area (Å²) in [5.74, 6) is -0.667. The highest BCUT2D eigenvalue weighted by Crippen LogP contribution is 2.37. The molecule has 1 saturated carbocycles. The lowest BCUT2D eigenvalue weighted by molar-refractivity contribution is -0.149. The zero-order valence-electron chi connectivity index (χ0n) is 19.8. The number of nitrogens with zero attached hydrogens (tertiary/aromatic N) is 4. The van der Waals surface area contributed by atoms with Crippen molar-refractivity contribution in [2.75, 3.05) is 19.4 Å². The summed E-state index contributed by atoms with van der Waals surface area (Å²) < 4.78 is 1.90. The summed E-state index contributed by atoms with van der Waals surface area (Å²) in [5, 5.41) is 18.9. The Morgan fingerprint density at radius 1 is 1.21 bits per heavy atom. The van der Waals surface area contributed by atoms with E-state index in [9.17, 15) is 9.59 Å². The second-order valence-corrected chi connectivity index (χ2v) is 8.86. The van der Waals surface area contributed by atoms with Crippen LogP contribution in [-0.2, 0) is 21.0 Å². The van der Waals surface area contributed by atoms with Crippen LogP contribution in [0.3, 0.4) is 0 Å². The molecule has 1 aliphatic heterocycles. The molecule has 1 fully saturated rings. The molecular formula is C23H33N7O3. The van der Waals surface area contributed by atoms with E-state index in [4.69, 9.17) is 9.82 Å². The highest BCUT2D eigenvalue weighted by atomic mass is 16.7. The van der Waals surface area contributed by atoms with Crippen LogP contribution in [-0.4, -0.2) is 58.0 Å². The van der Waals surface area contributed by atoms with E-state index >= 15 is 0 Å². The van der Waals surface area contributed by atoms with Gasteiger partial charge in [0.25, 0.3) is 5.91 Å². The summed E-state index contributed by atoms with van der Waals surface area (Å²) in [4.78, 5) is 35.3. The molecule has 1 atom stereocenters. The number of likely N-dealkylation sites (N-methyl/N-ethyl adjacent to an activating group) is 1. The van der Waals surface area contributed by atoms with E-state index in [0.29, 0.717) is 11.8 Å². The minimum Gasteiger partial charge on any atom is -0.381 e. The van der Waals surface area contributed by atoms with Gasteiger partial charge < -0.3 is 20.8 Å². The number of carbonyl (C=O) groups excluding carboxylic acids is 2. The van der Waals surface area contributed by atoms with Gasteiger partial charge in [0.2, 0.25) is 11.5 Å². The maximum Gasteiger partial charge on any atom is 0.267 e. The molecule has 178 valence electrons. The topological polar surface area (TPSA) is 123 Å². The molecule has 2 aliphatic rings. The summed E-state index contributed by atoms with van der Waals surface area (Å²) in [6.07, 6.45) is 7.70. The molecule has 2 amide bonds. The number of nitrogens with one attached hydrogen (secondary N) is 3. The van der Waals surface area contributed by atoms with Crippen LogP contribution in [0.1, 0.15) is 63.1 Å². The average molecular weight is 456 g/mol. The molecule has 33 heavy (non-hydrogen) atoms. The molecule has 2 aromatic heterocycles. The van der Waals surface area contributed by atoms with E-state index in [1.165, 1.54) is 33.4 Å². The lowest BCUT2D eigenvalue weighted by atomic mass is 9.89. The molecule has 10 nitrogen and oxygen atoms in total. The van der Waals surface area contributed by atoms with Crippen molar-refractivity contribution in [3.63, 3.8) is 0 Å². The monoisotopic (exact) mass is 455 g/mol. The van der Waals surface area contributed by atoms with Crippen molar-refractivity contribution in [1.82, 2.24) is 25.4 Å². The summed E-state index contributed by atoms with van der Waals surface area (Å²) in [7, 11) is 3.07. The Kier molecular flexibility index (Phi) is 6.53. The van der Waals surface area contributed by atoms with E-state index in [0.717, 1.165) is 47.4 Å². The van der Waals surface area contributed by atoms with Crippen LogP contribution in [0, 0.1) is 6.92 Å². The number of fused-ring (bicyclic) bond motifs is 1. The van der Waals surface area contributed by atoms with Crippen LogP contribution in [0.25, 0.3) is 11.0 Å². The number of oxime groups is 1. The summed E-state index contributed by atoms with van der Waals surface area (Å²) in [5.41, 5.74) is 2.64. The molecule has 1 unspecified atom stereocenters. The SMILES string of the molecule is CCn1nc(C)c2c(NC3CCCCC3)c(C3=NOC(CC(=O)NC)(C(=O)NC)C3)cnc21. The minimum atomic E-state index is -1.39. The quantitative estimate of drug-likeness (QED) is 0.589. The minimum absolute atomic E-state index is 0.121. The summed E-state index contributed by atoms with van der Waals surface area (Å²) in [6, 6.07) is 0.352. The van der Waals surface area contributed by atoms with Gasteiger partial charge in [-0.05, 0) is 26.7 Å². The third-order valence-corrected chi connectivity index (χ3v) is 6.65. The molecule has 0 bridgehead atoms. The summed E-state index contributed by atoms with van der Waals surface area (Å²) in [6.45, 7) is 4.75. The van der Waals surface area contributed by atoms with Gasteiger partial charge in [0.1, 0.15) is 0 Å². The van der Waals surface area contributed by atoms with Gasteiger partial charge in [-0.3, -0.25) is 9.59 Å². The first-order chi connectivity index (χ1) is 15.9. The Balaban J connectivity index is 1.76. The molecule has 4 rings (SSSR count). The Morgan fingerprint density at radius 2 is 1.97 bits per heavy atom. The van der Waals surface area contributed by atoms with Crippen molar-refractivity contribution in [2.45, 2.75) is 77.0 Å². The lowest BCUT2D eigenvalue weighted by Gasteiger charge is -2.26. The molecule has 10 heteroatoms. The first-order valence-electron chi connectivity index (χ1n) is 11.7. The number of aryl methyl sites for hydroxylation is 2. The van der Waals surface area contributed by atoms with E-state index < -0.39 is 5.60 Å². The predicted octanol–water partition coefficient (Wildman–Crippen LogP) is 2.25. The maximum atomic E-state index is 12.7. The van der Waals surface area contributed by atoms with Crippen molar-refractivity contribution in [2.24, 2.45) is 5.16 Å². The molecule has 2 aromatic rings. The Hall–Kier alpha value is -3.17. The lowest BCUT2D eigenvalue weighted by Crippen LogP contribution is -2.48. The van der Waals surface area contributed by atoms with Gasteiger partial charge >= 0.3 is 0 Å². The Bertz CT molecular complexity index is 1090. The van der Waals surface area contributed by atoms with Crippen LogP contribution >= 0.6 is 0 Å². The molecule has 3 heterocycles. The van der Waals surface area contributed by atoms with Gasteiger partial charge in [0.15, 0.2) is 5.65 Å². The third kappa shape index (κ3) is 4.26. The van der Waals surface area contributed by atoms with Crippen LogP contribution in [0.15, 0.2) is 11.4 Å². The average Bonchev–Trinajstić information content (AvgIpc) is 3.41. The summed E-state index contributed by atoms with van der Waals surface area (Å²) >= 11 is 0. The fourth-order valence-electron chi connectivity index (χ4n) is 4.85. The van der Waals surface area contributed by atoms with E-state index in [2.05, 4.69) is 26.2 Å². The first kappa shape index (κ1) is 23.0. The Labute approximate surface area is 193 Å². The highest BCUT2D eigenvalue weighted by molar-refractivity contribution is 6.13. The normalized spacial score (nSPS) is 20.9. The Morgan fingerprint density at radius 3 is 2.64 bits per heavy atom. The van der Waals surface area contributed by atoms with Gasteiger partial charge in [-0.25, -0.2) is 9.67 Å². The van der Waals surface area contributed by atoms with E-state index in [1.54, 1.807) is 6.20 Å². The number of amides is 2. The van der Waals surface area contributed by atoms with Crippen molar-refractivity contribution < 1.29 is 14.4 Å². The number of hydrogen-bond acceptors (Lipinski definition) is 7. The highest BCUT2D eigenvalue weighted by Gasteiger charge is 2.48. The standard InChI is InChI=1S/C23H33N7O3/c1-5-30-21-19(14(2)28-30)20(27-15-9-7-6-8-10-15)16(13-26-21)17-11-23(33-29-17,22(32)25-4)12-18(31)24-3/h13,15H,5-12H2,1-4H3,(H,24,31)(H,25,32)(H,26,27). The number of pyridine rings is 1. The molecule has 1 aliphatic carbocycles. The van der Waals surface area contributed by atoms with Crippen molar-refractivity contribution >= 4 is 34.2 Å². The molecule has 0 aromatic carbocycles.